The van der Waals surface area contributed by atoms with Gasteiger partial charge in [-0.05, 0) is 31.9 Å². The number of amides is 1. The van der Waals surface area contributed by atoms with E-state index in [9.17, 15) is 4.79 Å². The second-order valence-electron chi connectivity index (χ2n) is 7.66. The summed E-state index contributed by atoms with van der Waals surface area (Å²) in [5.41, 5.74) is 1.39. The Morgan fingerprint density at radius 3 is 2.89 bits per heavy atom. The molecule has 2 aliphatic heterocycles. The van der Waals surface area contributed by atoms with E-state index in [0.717, 1.165) is 43.1 Å². The van der Waals surface area contributed by atoms with Gasteiger partial charge in [-0.15, -0.1) is 10.2 Å². The number of carbonyl (C=O) groups excluding carboxylic acids is 1. The number of para-hydroxylation sites is 1. The van der Waals surface area contributed by atoms with E-state index < -0.39 is 0 Å². The Kier molecular flexibility index (Phi) is 4.35. The van der Waals surface area contributed by atoms with Crippen LogP contribution in [0.2, 0.25) is 0 Å². The maximum atomic E-state index is 12.9. The topological polar surface area (TPSA) is 86.3 Å². The number of hydrogen-bond donors (Lipinski definition) is 0. The van der Waals surface area contributed by atoms with Crippen molar-refractivity contribution in [2.24, 2.45) is 0 Å². The highest BCUT2D eigenvalue weighted by atomic mass is 16.5. The van der Waals surface area contributed by atoms with Crippen molar-refractivity contribution >= 4 is 16.9 Å². The van der Waals surface area contributed by atoms with E-state index in [-0.39, 0.29) is 18.4 Å². The average Bonchev–Trinajstić information content (AvgIpc) is 3.33. The smallest absolute Gasteiger partial charge is 0.229 e. The summed E-state index contributed by atoms with van der Waals surface area (Å²) >= 11 is 0. The minimum absolute atomic E-state index is 0.0350. The van der Waals surface area contributed by atoms with Gasteiger partial charge in [0.05, 0.1) is 19.0 Å². The van der Waals surface area contributed by atoms with Gasteiger partial charge in [-0.1, -0.05) is 17.3 Å². The van der Waals surface area contributed by atoms with E-state index in [0.29, 0.717) is 30.3 Å². The van der Waals surface area contributed by atoms with Crippen molar-refractivity contribution in [2.45, 2.75) is 44.7 Å². The highest BCUT2D eigenvalue weighted by molar-refractivity contribution is 5.86. The molecule has 0 N–H and O–H groups in total. The van der Waals surface area contributed by atoms with Gasteiger partial charge in [-0.25, -0.2) is 0 Å². The van der Waals surface area contributed by atoms with Crippen molar-refractivity contribution < 1.29 is 14.1 Å². The molecule has 0 saturated carbocycles. The number of hydrogen-bond acceptors (Lipinski definition) is 6. The van der Waals surface area contributed by atoms with Crippen LogP contribution in [-0.2, 0) is 22.5 Å². The van der Waals surface area contributed by atoms with Gasteiger partial charge in [0.2, 0.25) is 5.91 Å². The molecule has 4 heterocycles. The lowest BCUT2D eigenvalue weighted by Gasteiger charge is -2.34. The summed E-state index contributed by atoms with van der Waals surface area (Å²) in [7, 11) is 0. The van der Waals surface area contributed by atoms with Gasteiger partial charge in [0, 0.05) is 31.1 Å². The molecule has 2 aliphatic rings. The van der Waals surface area contributed by atoms with E-state index in [2.05, 4.69) is 26.8 Å². The van der Waals surface area contributed by atoms with Gasteiger partial charge in [0.25, 0.3) is 0 Å². The van der Waals surface area contributed by atoms with E-state index in [1.165, 1.54) is 0 Å². The molecular formula is C20H23N5O3. The molecule has 8 heteroatoms. The predicted octanol–water partition coefficient (Wildman–Crippen LogP) is 2.46. The monoisotopic (exact) mass is 381 g/mol. The zero-order valence-corrected chi connectivity index (χ0v) is 15.9. The summed E-state index contributed by atoms with van der Waals surface area (Å²) in [6.07, 6.45) is 2.18. The van der Waals surface area contributed by atoms with Gasteiger partial charge < -0.3 is 18.7 Å². The fourth-order valence-corrected chi connectivity index (χ4v) is 4.31. The Hall–Kier alpha value is -2.74. The van der Waals surface area contributed by atoms with E-state index in [1.54, 1.807) is 0 Å². The molecule has 1 atom stereocenters. The van der Waals surface area contributed by atoms with Crippen molar-refractivity contribution in [3.8, 4) is 0 Å². The van der Waals surface area contributed by atoms with Gasteiger partial charge in [-0.2, -0.15) is 0 Å². The van der Waals surface area contributed by atoms with Gasteiger partial charge in [-0.3, -0.25) is 4.79 Å². The Bertz CT molecular complexity index is 1000. The molecule has 5 rings (SSSR count). The molecule has 1 amide bonds. The van der Waals surface area contributed by atoms with Crippen LogP contribution in [0, 0.1) is 0 Å². The minimum atomic E-state index is 0.0350. The van der Waals surface area contributed by atoms with Crippen molar-refractivity contribution in [3.63, 3.8) is 0 Å². The normalized spacial score (nSPS) is 20.5. The number of rotatable bonds is 3. The number of nitrogens with zero attached hydrogens (tertiary/aromatic N) is 5. The summed E-state index contributed by atoms with van der Waals surface area (Å²) in [5, 5.41) is 13.9. The SMILES string of the molecule is C[C@H]1CN(C(=O)Cc2noc3ccccc23)Cc2nnc(C3CCOCC3)n21. The Labute approximate surface area is 162 Å². The van der Waals surface area contributed by atoms with Crippen LogP contribution in [-0.4, -0.2) is 50.5 Å². The molecule has 2 aromatic heterocycles. The number of ether oxygens (including phenoxy) is 1. The van der Waals surface area contributed by atoms with E-state index in [4.69, 9.17) is 9.26 Å². The third kappa shape index (κ3) is 2.97. The Morgan fingerprint density at radius 1 is 1.21 bits per heavy atom. The molecule has 8 nitrogen and oxygen atoms in total. The molecule has 0 unspecified atom stereocenters. The Morgan fingerprint density at radius 2 is 2.04 bits per heavy atom. The first-order valence-corrected chi connectivity index (χ1v) is 9.83. The van der Waals surface area contributed by atoms with Crippen LogP contribution in [0.5, 0.6) is 0 Å². The molecule has 0 radical (unpaired) electrons. The lowest BCUT2D eigenvalue weighted by Crippen LogP contribution is -2.41. The molecule has 0 aliphatic carbocycles. The molecule has 3 aromatic rings. The number of benzene rings is 1. The molecule has 0 bridgehead atoms. The number of aromatic nitrogens is 4. The molecule has 28 heavy (non-hydrogen) atoms. The largest absolute Gasteiger partial charge is 0.381 e. The quantitative estimate of drug-likeness (QED) is 0.693. The first-order valence-electron chi connectivity index (χ1n) is 9.83. The highest BCUT2D eigenvalue weighted by Gasteiger charge is 2.32. The number of carbonyl (C=O) groups is 1. The maximum Gasteiger partial charge on any atom is 0.229 e. The zero-order chi connectivity index (χ0) is 19.1. The van der Waals surface area contributed by atoms with Crippen molar-refractivity contribution in [2.75, 3.05) is 19.8 Å². The van der Waals surface area contributed by atoms with Crippen LogP contribution in [0.25, 0.3) is 11.0 Å². The molecule has 0 spiro atoms. The van der Waals surface area contributed by atoms with Crippen LogP contribution in [0.4, 0.5) is 0 Å². The number of fused-ring (bicyclic) bond motifs is 2. The summed E-state index contributed by atoms with van der Waals surface area (Å²) in [4.78, 5) is 14.8. The third-order valence-electron chi connectivity index (χ3n) is 5.76. The second-order valence-corrected chi connectivity index (χ2v) is 7.66. The first-order chi connectivity index (χ1) is 13.7. The van der Waals surface area contributed by atoms with E-state index in [1.807, 2.05) is 29.2 Å². The fraction of sp³-hybridized carbons (Fsp3) is 0.500. The average molecular weight is 381 g/mol. The van der Waals surface area contributed by atoms with Gasteiger partial charge in [0.1, 0.15) is 11.5 Å². The van der Waals surface area contributed by atoms with Crippen molar-refractivity contribution in [1.29, 1.82) is 0 Å². The highest BCUT2D eigenvalue weighted by Crippen LogP contribution is 2.31. The first kappa shape index (κ1) is 17.4. The van der Waals surface area contributed by atoms with Crippen LogP contribution in [0.15, 0.2) is 28.8 Å². The van der Waals surface area contributed by atoms with Crippen LogP contribution in [0.1, 0.15) is 49.1 Å². The molecule has 146 valence electrons. The zero-order valence-electron chi connectivity index (χ0n) is 15.9. The van der Waals surface area contributed by atoms with Gasteiger partial charge >= 0.3 is 0 Å². The molecular weight excluding hydrogens is 358 g/mol. The van der Waals surface area contributed by atoms with Crippen LogP contribution >= 0.6 is 0 Å². The Balaban J connectivity index is 1.34. The minimum Gasteiger partial charge on any atom is -0.381 e. The maximum absolute atomic E-state index is 12.9. The van der Waals surface area contributed by atoms with Crippen LogP contribution in [0.3, 0.4) is 0 Å². The predicted molar refractivity (Wildman–Crippen MR) is 101 cm³/mol. The molecule has 1 aromatic carbocycles. The summed E-state index contributed by atoms with van der Waals surface area (Å²) in [5.74, 6) is 2.33. The molecule has 1 fully saturated rings. The lowest BCUT2D eigenvalue weighted by atomic mass is 9.99. The van der Waals surface area contributed by atoms with E-state index >= 15 is 0 Å². The van der Waals surface area contributed by atoms with Crippen LogP contribution < -0.4 is 0 Å². The molecule has 1 saturated heterocycles. The third-order valence-corrected chi connectivity index (χ3v) is 5.76. The summed E-state index contributed by atoms with van der Waals surface area (Å²) in [6.45, 7) is 4.81. The van der Waals surface area contributed by atoms with Crippen molar-refractivity contribution in [3.05, 3.63) is 41.6 Å². The van der Waals surface area contributed by atoms with Crippen molar-refractivity contribution in [1.82, 2.24) is 24.8 Å². The van der Waals surface area contributed by atoms with Gasteiger partial charge in [0.15, 0.2) is 11.4 Å². The second kappa shape index (κ2) is 7.01. The standard InChI is InChI=1S/C20H23N5O3/c1-13-11-24(19(26)10-16-15-4-2-3-5-17(15)28-23-16)12-18-21-22-20(25(13)18)14-6-8-27-9-7-14/h2-5,13-14H,6-12H2,1H3/t13-/m0/s1. The fourth-order valence-electron chi connectivity index (χ4n) is 4.31. The summed E-state index contributed by atoms with van der Waals surface area (Å²) in [6, 6.07) is 7.77. The lowest BCUT2D eigenvalue weighted by molar-refractivity contribution is -0.132. The summed E-state index contributed by atoms with van der Waals surface area (Å²) < 4.78 is 13.0.